The van der Waals surface area contributed by atoms with Crippen molar-refractivity contribution in [3.8, 4) is 0 Å². The lowest BCUT2D eigenvalue weighted by Gasteiger charge is -2.20. The highest BCUT2D eigenvalue weighted by molar-refractivity contribution is 5.39. The third kappa shape index (κ3) is 3.43. The fourth-order valence-electron chi connectivity index (χ4n) is 3.08. The zero-order chi connectivity index (χ0) is 14.7. The van der Waals surface area contributed by atoms with Gasteiger partial charge < -0.3 is 16.2 Å². The third-order valence-corrected chi connectivity index (χ3v) is 4.26. The van der Waals surface area contributed by atoms with Gasteiger partial charge in [-0.05, 0) is 42.5 Å². The van der Waals surface area contributed by atoms with Crippen molar-refractivity contribution in [2.45, 2.75) is 37.5 Å². The fourth-order valence-corrected chi connectivity index (χ4v) is 3.08. The number of hydrogen-bond donors (Lipinski definition) is 3. The van der Waals surface area contributed by atoms with Crippen molar-refractivity contribution in [3.63, 3.8) is 0 Å². The molecule has 110 valence electrons. The number of aliphatic hydroxyl groups excluding tert-OH is 1. The molecule has 3 atom stereocenters. The first-order valence-corrected chi connectivity index (χ1v) is 7.56. The lowest BCUT2D eigenvalue weighted by atomic mass is 10.0. The summed E-state index contributed by atoms with van der Waals surface area (Å²) in [5.74, 6) is 0. The molecule has 1 aliphatic heterocycles. The van der Waals surface area contributed by atoms with Crippen LogP contribution in [0, 0.1) is 0 Å². The molecule has 21 heavy (non-hydrogen) atoms. The first-order chi connectivity index (χ1) is 10.2. The van der Waals surface area contributed by atoms with Crippen LogP contribution in [0.1, 0.15) is 30.1 Å². The van der Waals surface area contributed by atoms with Gasteiger partial charge in [-0.2, -0.15) is 0 Å². The van der Waals surface area contributed by atoms with E-state index in [1.807, 2.05) is 42.5 Å². The summed E-state index contributed by atoms with van der Waals surface area (Å²) in [6, 6.07) is 18.5. The molecule has 2 aromatic carbocycles. The van der Waals surface area contributed by atoms with Crippen LogP contribution < -0.4 is 11.1 Å². The van der Waals surface area contributed by atoms with Crippen LogP contribution in [-0.4, -0.2) is 17.2 Å². The SMILES string of the molecule is Nc1ccc(CC2CC[C@H](C(O)c3ccccc3)N2)cc1. The van der Waals surface area contributed by atoms with E-state index in [0.717, 1.165) is 30.5 Å². The highest BCUT2D eigenvalue weighted by Crippen LogP contribution is 2.26. The molecule has 1 aliphatic rings. The summed E-state index contributed by atoms with van der Waals surface area (Å²) in [6.07, 6.45) is 2.66. The van der Waals surface area contributed by atoms with E-state index in [-0.39, 0.29) is 6.04 Å². The van der Waals surface area contributed by atoms with Crippen LogP contribution in [0.5, 0.6) is 0 Å². The topological polar surface area (TPSA) is 58.3 Å². The zero-order valence-corrected chi connectivity index (χ0v) is 12.1. The van der Waals surface area contributed by atoms with Crippen LogP contribution in [0.2, 0.25) is 0 Å². The Kier molecular flexibility index (Phi) is 4.23. The highest BCUT2D eigenvalue weighted by Gasteiger charge is 2.29. The van der Waals surface area contributed by atoms with E-state index in [9.17, 15) is 5.11 Å². The van der Waals surface area contributed by atoms with Crippen molar-refractivity contribution >= 4 is 5.69 Å². The molecule has 0 amide bonds. The van der Waals surface area contributed by atoms with Crippen LogP contribution in [0.15, 0.2) is 54.6 Å². The van der Waals surface area contributed by atoms with Gasteiger partial charge in [0.2, 0.25) is 0 Å². The number of aliphatic hydroxyl groups is 1. The predicted molar refractivity (Wildman–Crippen MR) is 85.9 cm³/mol. The Morgan fingerprint density at radius 2 is 1.76 bits per heavy atom. The molecule has 3 nitrogen and oxygen atoms in total. The summed E-state index contributed by atoms with van der Waals surface area (Å²) in [6.45, 7) is 0. The second-order valence-electron chi connectivity index (χ2n) is 5.85. The smallest absolute Gasteiger partial charge is 0.0943 e. The number of benzene rings is 2. The maximum atomic E-state index is 10.5. The Morgan fingerprint density at radius 3 is 2.48 bits per heavy atom. The highest BCUT2D eigenvalue weighted by atomic mass is 16.3. The van der Waals surface area contributed by atoms with Crippen molar-refractivity contribution in [3.05, 3.63) is 65.7 Å². The molecule has 0 aliphatic carbocycles. The van der Waals surface area contributed by atoms with E-state index < -0.39 is 6.10 Å². The maximum Gasteiger partial charge on any atom is 0.0943 e. The Bertz CT molecular complexity index is 568. The fraction of sp³-hybridized carbons (Fsp3) is 0.333. The van der Waals surface area contributed by atoms with Gasteiger partial charge in [-0.25, -0.2) is 0 Å². The van der Waals surface area contributed by atoms with Crippen LogP contribution in [0.4, 0.5) is 5.69 Å². The molecular weight excluding hydrogens is 260 g/mol. The van der Waals surface area contributed by atoms with Crippen molar-refractivity contribution in [1.29, 1.82) is 0 Å². The predicted octanol–water partition coefficient (Wildman–Crippen LogP) is 2.67. The molecule has 0 aromatic heterocycles. The monoisotopic (exact) mass is 282 g/mol. The summed E-state index contributed by atoms with van der Waals surface area (Å²) in [4.78, 5) is 0. The van der Waals surface area contributed by atoms with Crippen LogP contribution in [-0.2, 0) is 6.42 Å². The van der Waals surface area contributed by atoms with Crippen molar-refractivity contribution < 1.29 is 5.11 Å². The largest absolute Gasteiger partial charge is 0.399 e. The molecule has 2 unspecified atom stereocenters. The molecule has 0 saturated carbocycles. The summed E-state index contributed by atoms with van der Waals surface area (Å²) in [7, 11) is 0. The standard InChI is InChI=1S/C18H22N2O/c19-15-8-6-13(7-9-15)12-16-10-11-17(20-16)18(21)14-4-2-1-3-5-14/h1-9,16-18,20-21H,10-12,19H2/t16?,17-,18?/m1/s1. The molecule has 1 saturated heterocycles. The Morgan fingerprint density at radius 1 is 1.05 bits per heavy atom. The molecular formula is C18H22N2O. The van der Waals surface area contributed by atoms with Crippen molar-refractivity contribution in [2.24, 2.45) is 0 Å². The zero-order valence-electron chi connectivity index (χ0n) is 12.1. The van der Waals surface area contributed by atoms with Gasteiger partial charge in [-0.3, -0.25) is 0 Å². The maximum absolute atomic E-state index is 10.5. The number of hydrogen-bond acceptors (Lipinski definition) is 3. The molecule has 1 fully saturated rings. The Hall–Kier alpha value is -1.84. The van der Waals surface area contributed by atoms with E-state index in [0.29, 0.717) is 6.04 Å². The number of nitrogens with one attached hydrogen (secondary N) is 1. The van der Waals surface area contributed by atoms with Crippen LogP contribution in [0.3, 0.4) is 0 Å². The molecule has 3 rings (SSSR count). The van der Waals surface area contributed by atoms with E-state index >= 15 is 0 Å². The van der Waals surface area contributed by atoms with Gasteiger partial charge in [0.25, 0.3) is 0 Å². The second-order valence-corrected chi connectivity index (χ2v) is 5.85. The van der Waals surface area contributed by atoms with E-state index in [2.05, 4.69) is 17.4 Å². The van der Waals surface area contributed by atoms with Gasteiger partial charge in [-0.15, -0.1) is 0 Å². The summed E-state index contributed by atoms with van der Waals surface area (Å²) in [5.41, 5.74) is 8.79. The summed E-state index contributed by atoms with van der Waals surface area (Å²) in [5, 5.41) is 14.0. The summed E-state index contributed by atoms with van der Waals surface area (Å²) < 4.78 is 0. The normalized spacial score (nSPS) is 23.1. The number of nitrogens with two attached hydrogens (primary N) is 1. The van der Waals surface area contributed by atoms with Gasteiger partial charge in [0.15, 0.2) is 0 Å². The minimum Gasteiger partial charge on any atom is -0.399 e. The quantitative estimate of drug-likeness (QED) is 0.756. The lowest BCUT2D eigenvalue weighted by molar-refractivity contribution is 0.135. The Labute approximate surface area is 125 Å². The molecule has 0 radical (unpaired) electrons. The van der Waals surface area contributed by atoms with Gasteiger partial charge in [0, 0.05) is 17.8 Å². The average Bonchev–Trinajstić information content (AvgIpc) is 2.98. The Balaban J connectivity index is 1.59. The van der Waals surface area contributed by atoms with E-state index in [1.165, 1.54) is 5.56 Å². The number of rotatable bonds is 4. The first-order valence-electron chi connectivity index (χ1n) is 7.56. The van der Waals surface area contributed by atoms with Crippen LogP contribution >= 0.6 is 0 Å². The third-order valence-electron chi connectivity index (χ3n) is 4.26. The van der Waals surface area contributed by atoms with Gasteiger partial charge in [0.05, 0.1) is 6.10 Å². The minimum absolute atomic E-state index is 0.145. The van der Waals surface area contributed by atoms with Gasteiger partial charge >= 0.3 is 0 Å². The minimum atomic E-state index is -0.428. The number of nitrogen functional groups attached to an aromatic ring is 1. The molecule has 0 spiro atoms. The molecule has 0 bridgehead atoms. The van der Waals surface area contributed by atoms with Gasteiger partial charge in [-0.1, -0.05) is 42.5 Å². The van der Waals surface area contributed by atoms with Crippen molar-refractivity contribution in [1.82, 2.24) is 5.32 Å². The van der Waals surface area contributed by atoms with E-state index in [4.69, 9.17) is 5.73 Å². The number of anilines is 1. The van der Waals surface area contributed by atoms with Crippen molar-refractivity contribution in [2.75, 3.05) is 5.73 Å². The first kappa shape index (κ1) is 14.1. The molecule has 3 heteroatoms. The van der Waals surface area contributed by atoms with Crippen LogP contribution in [0.25, 0.3) is 0 Å². The average molecular weight is 282 g/mol. The molecule has 1 heterocycles. The van der Waals surface area contributed by atoms with E-state index in [1.54, 1.807) is 0 Å². The summed E-state index contributed by atoms with van der Waals surface area (Å²) >= 11 is 0. The van der Waals surface area contributed by atoms with Gasteiger partial charge in [0.1, 0.15) is 0 Å². The lowest BCUT2D eigenvalue weighted by Crippen LogP contribution is -2.35. The second kappa shape index (κ2) is 6.29. The molecule has 2 aromatic rings. The molecule has 4 N–H and O–H groups in total.